The molecular formula is C15H22N2O2S. The average Bonchev–Trinajstić information content (AvgIpc) is 2.44. The van der Waals surface area contributed by atoms with E-state index in [4.69, 9.17) is 0 Å². The Morgan fingerprint density at radius 2 is 1.75 bits per heavy atom. The third kappa shape index (κ3) is 7.19. The molecule has 0 fully saturated rings. The zero-order chi connectivity index (χ0) is 14.8. The highest BCUT2D eigenvalue weighted by Crippen LogP contribution is 2.17. The number of carbonyl (C=O) groups is 2. The maximum atomic E-state index is 11.6. The Bertz CT molecular complexity index is 421. The highest BCUT2D eigenvalue weighted by atomic mass is 32.2. The summed E-state index contributed by atoms with van der Waals surface area (Å²) in [5.41, 5.74) is 0. The van der Waals surface area contributed by atoms with Gasteiger partial charge in [0, 0.05) is 36.1 Å². The van der Waals surface area contributed by atoms with Crippen LogP contribution in [0.2, 0.25) is 0 Å². The Morgan fingerprint density at radius 3 is 2.40 bits per heavy atom. The molecule has 0 aliphatic rings. The molecule has 0 aromatic heterocycles. The first-order valence-corrected chi connectivity index (χ1v) is 7.80. The Hall–Kier alpha value is -1.49. The summed E-state index contributed by atoms with van der Waals surface area (Å²) in [6.07, 6.45) is 0.484. The standard InChI is InChI=1S/C15H22N2O2S/c1-12(2)15(19)17-10-9-16-14(18)8-11-20-13-6-4-3-5-7-13/h3-7,12H,8-11H2,1-2H3,(H,16,18)(H,17,19). The molecular weight excluding hydrogens is 272 g/mol. The number of hydrogen-bond acceptors (Lipinski definition) is 3. The van der Waals surface area contributed by atoms with Gasteiger partial charge < -0.3 is 10.6 Å². The number of rotatable bonds is 8. The van der Waals surface area contributed by atoms with Gasteiger partial charge in [-0.3, -0.25) is 9.59 Å². The fourth-order valence-corrected chi connectivity index (χ4v) is 2.33. The van der Waals surface area contributed by atoms with Gasteiger partial charge in [0.1, 0.15) is 0 Å². The van der Waals surface area contributed by atoms with Crippen LogP contribution >= 0.6 is 11.8 Å². The van der Waals surface area contributed by atoms with Crippen LogP contribution in [0.4, 0.5) is 0 Å². The van der Waals surface area contributed by atoms with Crippen molar-refractivity contribution in [1.82, 2.24) is 10.6 Å². The number of nitrogens with one attached hydrogen (secondary N) is 2. The van der Waals surface area contributed by atoms with Crippen molar-refractivity contribution in [2.75, 3.05) is 18.8 Å². The lowest BCUT2D eigenvalue weighted by atomic mass is 10.2. The SMILES string of the molecule is CC(C)C(=O)NCCNC(=O)CCSc1ccccc1. The molecule has 0 aliphatic heterocycles. The summed E-state index contributed by atoms with van der Waals surface area (Å²) in [6, 6.07) is 10.0. The first-order chi connectivity index (χ1) is 9.59. The van der Waals surface area contributed by atoms with E-state index in [1.54, 1.807) is 11.8 Å². The minimum Gasteiger partial charge on any atom is -0.354 e. The molecule has 2 N–H and O–H groups in total. The maximum Gasteiger partial charge on any atom is 0.222 e. The van der Waals surface area contributed by atoms with Crippen molar-refractivity contribution >= 4 is 23.6 Å². The normalized spacial score (nSPS) is 10.3. The molecule has 0 bridgehead atoms. The van der Waals surface area contributed by atoms with E-state index in [1.165, 1.54) is 4.90 Å². The molecule has 20 heavy (non-hydrogen) atoms. The molecule has 0 atom stereocenters. The first kappa shape index (κ1) is 16.6. The lowest BCUT2D eigenvalue weighted by Crippen LogP contribution is -2.36. The van der Waals surface area contributed by atoms with Crippen molar-refractivity contribution in [2.24, 2.45) is 5.92 Å². The fraction of sp³-hybridized carbons (Fsp3) is 0.467. The molecule has 1 aromatic carbocycles. The van der Waals surface area contributed by atoms with Gasteiger partial charge in [-0.1, -0.05) is 32.0 Å². The van der Waals surface area contributed by atoms with Gasteiger partial charge in [-0.2, -0.15) is 0 Å². The first-order valence-electron chi connectivity index (χ1n) is 6.82. The molecule has 1 rings (SSSR count). The average molecular weight is 294 g/mol. The number of benzene rings is 1. The topological polar surface area (TPSA) is 58.2 Å². The summed E-state index contributed by atoms with van der Waals surface area (Å²) >= 11 is 1.67. The van der Waals surface area contributed by atoms with Gasteiger partial charge in [0.2, 0.25) is 11.8 Å². The predicted octanol–water partition coefficient (Wildman–Crippen LogP) is 2.06. The van der Waals surface area contributed by atoms with Crippen molar-refractivity contribution in [3.63, 3.8) is 0 Å². The Morgan fingerprint density at radius 1 is 1.10 bits per heavy atom. The van der Waals surface area contributed by atoms with Gasteiger partial charge in [0.15, 0.2) is 0 Å². The van der Waals surface area contributed by atoms with E-state index in [-0.39, 0.29) is 17.7 Å². The van der Waals surface area contributed by atoms with Crippen molar-refractivity contribution in [1.29, 1.82) is 0 Å². The third-order valence-electron chi connectivity index (χ3n) is 2.61. The predicted molar refractivity (Wildman–Crippen MR) is 82.6 cm³/mol. The van der Waals surface area contributed by atoms with E-state index in [0.717, 1.165) is 5.75 Å². The second-order valence-corrected chi connectivity index (χ2v) is 5.88. The molecule has 4 nitrogen and oxygen atoms in total. The van der Waals surface area contributed by atoms with Crippen LogP contribution < -0.4 is 10.6 Å². The summed E-state index contributed by atoms with van der Waals surface area (Å²) in [4.78, 5) is 24.0. The van der Waals surface area contributed by atoms with Crippen molar-refractivity contribution in [3.8, 4) is 0 Å². The Balaban J connectivity index is 2.05. The number of thioether (sulfide) groups is 1. The van der Waals surface area contributed by atoms with Crippen LogP contribution in [0.25, 0.3) is 0 Å². The van der Waals surface area contributed by atoms with E-state index in [2.05, 4.69) is 10.6 Å². The lowest BCUT2D eigenvalue weighted by Gasteiger charge is -2.08. The molecule has 110 valence electrons. The fourth-order valence-electron chi connectivity index (χ4n) is 1.46. The molecule has 0 saturated carbocycles. The van der Waals surface area contributed by atoms with Gasteiger partial charge in [-0.05, 0) is 12.1 Å². The van der Waals surface area contributed by atoms with E-state index >= 15 is 0 Å². The van der Waals surface area contributed by atoms with Gasteiger partial charge >= 0.3 is 0 Å². The van der Waals surface area contributed by atoms with Crippen LogP contribution in [0.5, 0.6) is 0 Å². The van der Waals surface area contributed by atoms with Gasteiger partial charge in [-0.15, -0.1) is 11.8 Å². The largest absolute Gasteiger partial charge is 0.354 e. The quantitative estimate of drug-likeness (QED) is 0.570. The van der Waals surface area contributed by atoms with Gasteiger partial charge in [0.25, 0.3) is 0 Å². The minimum absolute atomic E-state index is 0.0129. The van der Waals surface area contributed by atoms with Crippen LogP contribution in [-0.2, 0) is 9.59 Å². The molecule has 2 amide bonds. The highest BCUT2D eigenvalue weighted by molar-refractivity contribution is 7.99. The summed E-state index contributed by atoms with van der Waals surface area (Å²) in [7, 11) is 0. The van der Waals surface area contributed by atoms with Crippen LogP contribution in [0.1, 0.15) is 20.3 Å². The number of carbonyl (C=O) groups excluding carboxylic acids is 2. The molecule has 0 radical (unpaired) electrons. The zero-order valence-corrected chi connectivity index (χ0v) is 12.8. The highest BCUT2D eigenvalue weighted by Gasteiger charge is 2.05. The molecule has 5 heteroatoms. The van der Waals surface area contributed by atoms with E-state index in [1.807, 2.05) is 44.2 Å². The lowest BCUT2D eigenvalue weighted by molar-refractivity contribution is -0.124. The molecule has 1 aromatic rings. The Labute approximate surface area is 124 Å². The molecule has 0 unspecified atom stereocenters. The van der Waals surface area contributed by atoms with E-state index < -0.39 is 0 Å². The maximum absolute atomic E-state index is 11.6. The molecule has 0 aliphatic carbocycles. The van der Waals surface area contributed by atoms with E-state index in [0.29, 0.717) is 19.5 Å². The van der Waals surface area contributed by atoms with Crippen LogP contribution in [0.3, 0.4) is 0 Å². The molecule has 0 saturated heterocycles. The van der Waals surface area contributed by atoms with Crippen molar-refractivity contribution in [3.05, 3.63) is 30.3 Å². The second kappa shape index (κ2) is 9.42. The smallest absolute Gasteiger partial charge is 0.222 e. The van der Waals surface area contributed by atoms with E-state index in [9.17, 15) is 9.59 Å². The number of amides is 2. The summed E-state index contributed by atoms with van der Waals surface area (Å²) in [5.74, 6) is 0.771. The summed E-state index contributed by atoms with van der Waals surface area (Å²) in [5, 5.41) is 5.56. The molecule has 0 spiro atoms. The van der Waals surface area contributed by atoms with Crippen LogP contribution in [-0.4, -0.2) is 30.7 Å². The summed E-state index contributed by atoms with van der Waals surface area (Å²) < 4.78 is 0. The second-order valence-electron chi connectivity index (χ2n) is 4.71. The van der Waals surface area contributed by atoms with Gasteiger partial charge in [-0.25, -0.2) is 0 Å². The van der Waals surface area contributed by atoms with Crippen molar-refractivity contribution in [2.45, 2.75) is 25.2 Å². The minimum atomic E-state index is -0.0204. The van der Waals surface area contributed by atoms with Crippen molar-refractivity contribution < 1.29 is 9.59 Å². The summed E-state index contributed by atoms with van der Waals surface area (Å²) in [6.45, 7) is 4.64. The zero-order valence-electron chi connectivity index (χ0n) is 12.0. The molecule has 0 heterocycles. The third-order valence-corrected chi connectivity index (χ3v) is 3.63. The number of hydrogen-bond donors (Lipinski definition) is 2. The van der Waals surface area contributed by atoms with Crippen LogP contribution in [0.15, 0.2) is 35.2 Å². The monoisotopic (exact) mass is 294 g/mol. The van der Waals surface area contributed by atoms with Gasteiger partial charge in [0.05, 0.1) is 0 Å². The Kier molecular flexibility index (Phi) is 7.80. The van der Waals surface area contributed by atoms with Crippen LogP contribution in [0, 0.1) is 5.92 Å².